The molecule has 9 aromatic rings. The van der Waals surface area contributed by atoms with Crippen molar-refractivity contribution in [3.8, 4) is 28.2 Å². The first-order chi connectivity index (χ1) is 28.2. The van der Waals surface area contributed by atoms with Crippen molar-refractivity contribution in [2.45, 2.75) is 59.8 Å². The van der Waals surface area contributed by atoms with Crippen LogP contribution < -0.4 is 0 Å². The molecule has 0 fully saturated rings. The van der Waals surface area contributed by atoms with Crippen LogP contribution in [0.3, 0.4) is 0 Å². The second-order valence-corrected chi connectivity index (χ2v) is 16.0. The number of furan rings is 1. The normalized spacial score (nSPS) is 11.3. The predicted octanol–water partition coefficient (Wildman–Crippen LogP) is 11.8. The Morgan fingerprint density at radius 2 is 1.46 bits per heavy atom. The molecule has 0 bridgehead atoms. The van der Waals surface area contributed by atoms with E-state index in [1.54, 1.807) is 6.20 Å². The van der Waals surface area contributed by atoms with Gasteiger partial charge in [-0.25, -0.2) is 4.98 Å². The van der Waals surface area contributed by atoms with Gasteiger partial charge in [0.1, 0.15) is 0 Å². The monoisotopic (exact) mass is 949 g/mol. The van der Waals surface area contributed by atoms with Crippen molar-refractivity contribution in [3.63, 3.8) is 0 Å². The topological polar surface area (TPSA) is 69.6 Å². The van der Waals surface area contributed by atoms with Crippen LogP contribution in [0, 0.1) is 30.5 Å². The summed E-state index contributed by atoms with van der Waals surface area (Å²) in [4.78, 5) is 13.7. The molecule has 0 amide bonds. The van der Waals surface area contributed by atoms with Gasteiger partial charge in [0.05, 0.1) is 5.58 Å². The molecule has 0 spiro atoms. The van der Waals surface area contributed by atoms with Gasteiger partial charge in [0.15, 0.2) is 0 Å². The molecule has 0 aliphatic heterocycles. The fourth-order valence-corrected chi connectivity index (χ4v) is 7.20. The molecule has 0 aliphatic rings. The SMILES string of the molecule is Cc1ccc2c(n1)oc1c(-c3cc(CC(C)(C)C)ccn3)[c-]ccc12.[Ir+3].[c-]1ccccc1-c1ccc(CCc2cccc(CCc3c[c-]c(-n4cccn4)cc3)c2)cn1. The minimum Gasteiger partial charge on any atom is -0.486 e. The van der Waals surface area contributed by atoms with E-state index in [0.717, 1.165) is 82.4 Å². The Bertz CT molecular complexity index is 2730. The summed E-state index contributed by atoms with van der Waals surface area (Å²) in [5.74, 6) is 0. The van der Waals surface area contributed by atoms with E-state index in [4.69, 9.17) is 4.42 Å². The molecule has 4 aromatic carbocycles. The number of fused-ring (bicyclic) bond motifs is 3. The summed E-state index contributed by atoms with van der Waals surface area (Å²) in [6, 6.07) is 51.5. The van der Waals surface area contributed by atoms with Crippen LogP contribution in [0.25, 0.3) is 50.3 Å². The summed E-state index contributed by atoms with van der Waals surface area (Å²) in [5, 5.41) is 6.34. The number of hydrogen-bond donors (Lipinski definition) is 0. The number of pyridine rings is 3. The van der Waals surface area contributed by atoms with Gasteiger partial charge in [0, 0.05) is 35.9 Å². The Hall–Kier alpha value is -6.01. The summed E-state index contributed by atoms with van der Waals surface area (Å²) < 4.78 is 7.91. The minimum absolute atomic E-state index is 0. The summed E-state index contributed by atoms with van der Waals surface area (Å²) in [5.41, 5.74) is 14.0. The Morgan fingerprint density at radius 3 is 2.17 bits per heavy atom. The molecule has 0 aliphatic carbocycles. The third kappa shape index (κ3) is 10.5. The minimum atomic E-state index is 0. The van der Waals surface area contributed by atoms with E-state index in [1.807, 2.05) is 78.7 Å². The fraction of sp³-hybridized carbons (Fsp3) is 0.192. The maximum absolute atomic E-state index is 6.08. The zero-order valence-electron chi connectivity index (χ0n) is 33.9. The number of aryl methyl sites for hydroxylation is 5. The molecular weight excluding hydrogens is 903 g/mol. The number of aromatic nitrogens is 5. The zero-order chi connectivity index (χ0) is 39.9. The van der Waals surface area contributed by atoms with Crippen molar-refractivity contribution in [1.29, 1.82) is 0 Å². The molecule has 9 rings (SSSR count). The summed E-state index contributed by atoms with van der Waals surface area (Å²) in [6.07, 6.45) is 12.6. The van der Waals surface area contributed by atoms with Crippen molar-refractivity contribution < 1.29 is 24.5 Å². The van der Waals surface area contributed by atoms with Gasteiger partial charge in [-0.2, -0.15) is 28.9 Å². The number of hydrogen-bond acceptors (Lipinski definition) is 5. The van der Waals surface area contributed by atoms with Crippen molar-refractivity contribution in [3.05, 3.63) is 198 Å². The van der Waals surface area contributed by atoms with Crippen LogP contribution in [0.15, 0.2) is 151 Å². The zero-order valence-corrected chi connectivity index (χ0v) is 36.3. The summed E-state index contributed by atoms with van der Waals surface area (Å²) in [7, 11) is 0. The first-order valence-corrected chi connectivity index (χ1v) is 19.9. The van der Waals surface area contributed by atoms with E-state index in [2.05, 4.69) is 132 Å². The van der Waals surface area contributed by atoms with E-state index in [9.17, 15) is 0 Å². The molecule has 7 heteroatoms. The molecule has 0 atom stereocenters. The van der Waals surface area contributed by atoms with Gasteiger partial charge in [-0.3, -0.25) is 4.68 Å². The van der Waals surface area contributed by atoms with Crippen molar-refractivity contribution >= 4 is 22.1 Å². The van der Waals surface area contributed by atoms with Gasteiger partial charge in [0.25, 0.3) is 0 Å². The second kappa shape index (κ2) is 18.7. The van der Waals surface area contributed by atoms with Gasteiger partial charge in [-0.05, 0) is 96.1 Å². The van der Waals surface area contributed by atoms with Gasteiger partial charge in [0.2, 0.25) is 5.71 Å². The molecule has 294 valence electrons. The van der Waals surface area contributed by atoms with Crippen LogP contribution in [0.4, 0.5) is 0 Å². The molecule has 59 heavy (non-hydrogen) atoms. The average Bonchev–Trinajstić information content (AvgIpc) is 3.92. The van der Waals surface area contributed by atoms with Crippen LogP contribution in [0.5, 0.6) is 0 Å². The number of benzene rings is 4. The standard InChI is InChI=1S/C30H25N3.C22H21N2O.Ir/c1-2-8-28(9-3-1)30-19-16-27(23-31-30)13-12-26-7-4-6-25(22-26)11-10-24-14-17-29(18-15-24)33-21-5-20-32-33;1-14-8-9-17-16-6-5-7-18(20(16)25-21(17)24-14)19-12-15(10-11-23-19)13-22(2,3)4;/h1-8,14-17,19-23H,10-13H2;5-6,8-12H,13H2,1-4H3;/q-2;-1;+3. The second-order valence-electron chi connectivity index (χ2n) is 16.0. The van der Waals surface area contributed by atoms with Crippen LogP contribution >= 0.6 is 0 Å². The largest absolute Gasteiger partial charge is 3.00 e. The van der Waals surface area contributed by atoms with Crippen LogP contribution in [-0.4, -0.2) is 24.7 Å². The van der Waals surface area contributed by atoms with Crippen LogP contribution in [0.1, 0.15) is 54.3 Å². The van der Waals surface area contributed by atoms with E-state index in [1.165, 1.54) is 27.8 Å². The Balaban J connectivity index is 0.000000183. The first-order valence-electron chi connectivity index (χ1n) is 19.9. The van der Waals surface area contributed by atoms with E-state index < -0.39 is 0 Å². The van der Waals surface area contributed by atoms with Crippen LogP contribution in [-0.2, 0) is 52.2 Å². The smallest absolute Gasteiger partial charge is 0.486 e. The van der Waals surface area contributed by atoms with E-state index >= 15 is 0 Å². The van der Waals surface area contributed by atoms with Crippen molar-refractivity contribution in [1.82, 2.24) is 24.7 Å². The molecule has 5 aromatic heterocycles. The van der Waals surface area contributed by atoms with E-state index in [0.29, 0.717) is 5.71 Å². The van der Waals surface area contributed by atoms with E-state index in [-0.39, 0.29) is 25.5 Å². The molecule has 0 unspecified atom stereocenters. The Morgan fingerprint density at radius 1 is 0.644 bits per heavy atom. The molecule has 0 saturated carbocycles. The molecular formula is C52H46IrN5O. The quantitative estimate of drug-likeness (QED) is 0.128. The molecule has 0 saturated heterocycles. The molecule has 6 nitrogen and oxygen atoms in total. The maximum atomic E-state index is 6.08. The Kier molecular flexibility index (Phi) is 13.1. The number of nitrogens with zero attached hydrogens (tertiary/aromatic N) is 5. The van der Waals surface area contributed by atoms with Crippen molar-refractivity contribution in [2.24, 2.45) is 5.41 Å². The van der Waals surface area contributed by atoms with Gasteiger partial charge < -0.3 is 14.4 Å². The first kappa shape index (κ1) is 41.2. The van der Waals surface area contributed by atoms with Crippen LogP contribution in [0.2, 0.25) is 0 Å². The van der Waals surface area contributed by atoms with Gasteiger partial charge in [-0.1, -0.05) is 86.2 Å². The van der Waals surface area contributed by atoms with Crippen molar-refractivity contribution in [2.75, 3.05) is 0 Å². The van der Waals surface area contributed by atoms with Gasteiger partial charge in [-0.15, -0.1) is 60.2 Å². The fourth-order valence-electron chi connectivity index (χ4n) is 7.20. The average molecular weight is 949 g/mol. The predicted molar refractivity (Wildman–Crippen MR) is 234 cm³/mol. The third-order valence-electron chi connectivity index (χ3n) is 10.1. The molecule has 5 heterocycles. The number of rotatable bonds is 10. The summed E-state index contributed by atoms with van der Waals surface area (Å²) in [6.45, 7) is 8.70. The van der Waals surface area contributed by atoms with Gasteiger partial charge >= 0.3 is 20.1 Å². The molecule has 0 radical (unpaired) electrons. The summed E-state index contributed by atoms with van der Waals surface area (Å²) >= 11 is 0. The Labute approximate surface area is 360 Å². The maximum Gasteiger partial charge on any atom is 3.00 e. The third-order valence-corrected chi connectivity index (χ3v) is 10.1. The molecule has 0 N–H and O–H groups in total.